The van der Waals surface area contributed by atoms with Crippen LogP contribution in [0.5, 0.6) is 0 Å². The van der Waals surface area contributed by atoms with Gasteiger partial charge >= 0.3 is 17.6 Å². The molecule has 0 fully saturated rings. The van der Waals surface area contributed by atoms with E-state index in [9.17, 15) is 0 Å². The summed E-state index contributed by atoms with van der Waals surface area (Å²) >= 11 is 0. The van der Waals surface area contributed by atoms with Crippen molar-refractivity contribution in [2.75, 3.05) is 0 Å². The normalized spacial score (nSPS) is 0. The van der Waals surface area contributed by atoms with Crippen molar-refractivity contribution in [3.63, 3.8) is 0 Å². The van der Waals surface area contributed by atoms with E-state index >= 15 is 0 Å². The van der Waals surface area contributed by atoms with Crippen molar-refractivity contribution < 1.29 is 0 Å². The molecule has 0 aromatic carbocycles. The average molecular weight is 121 g/mol. The molecule has 3 radical (unpaired) electrons. The first-order chi connectivity index (χ1) is 0. The predicted molar refractivity (Wildman–Crippen MR) is 28.8 cm³/mol. The van der Waals surface area contributed by atoms with E-state index in [4.69, 9.17) is 0 Å². The molecule has 0 unspecified atom stereocenters. The van der Waals surface area contributed by atoms with Crippen molar-refractivity contribution in [3.05, 3.63) is 0 Å². The third-order valence-electron chi connectivity index (χ3n) is 0. The zero-order valence-electron chi connectivity index (χ0n) is 1.28. The van der Waals surface area contributed by atoms with Gasteiger partial charge < -0.3 is 6.15 Å². The summed E-state index contributed by atoms with van der Waals surface area (Å²) < 4.78 is 0. The van der Waals surface area contributed by atoms with Crippen LogP contribution in [0.25, 0.3) is 0 Å². The quantitative estimate of drug-likeness (QED) is 0.408. The van der Waals surface area contributed by atoms with Crippen LogP contribution in [0.1, 0.15) is 7.43 Å². The van der Waals surface area contributed by atoms with Gasteiger partial charge in [-0.1, -0.05) is 7.43 Å². The van der Waals surface area contributed by atoms with Crippen LogP contribution in [0, 0.1) is 0 Å². The van der Waals surface area contributed by atoms with Gasteiger partial charge in [0.1, 0.15) is 0 Å². The van der Waals surface area contributed by atoms with Crippen LogP contribution in [-0.4, -0.2) is 26.0 Å². The van der Waals surface area contributed by atoms with Crippen LogP contribution >= 0.6 is 0 Å². The Morgan fingerprint density at radius 2 is 1.00 bits per heavy atom. The Morgan fingerprint density at radius 3 is 1.00 bits per heavy atom. The van der Waals surface area contributed by atoms with Gasteiger partial charge in [0.15, 0.2) is 0 Å². The summed E-state index contributed by atoms with van der Waals surface area (Å²) in [6.07, 6.45) is 0. The Kier molecular flexibility index (Phi) is 3290. The summed E-state index contributed by atoms with van der Waals surface area (Å²) in [5.41, 5.74) is 0. The molecule has 4 heavy (non-hydrogen) atoms. The van der Waals surface area contributed by atoms with Crippen molar-refractivity contribution in [2.45, 2.75) is 7.43 Å². The Balaban J connectivity index is 0. The van der Waals surface area contributed by atoms with Gasteiger partial charge in [-0.2, -0.15) is 0 Å². The third kappa shape index (κ3) is 19.6. The summed E-state index contributed by atoms with van der Waals surface area (Å²) in [4.78, 5) is 0. The molecule has 0 aliphatic heterocycles. The minimum atomic E-state index is 0. The number of rotatable bonds is 0. The van der Waals surface area contributed by atoms with Gasteiger partial charge in [0.2, 0.25) is 0 Å². The van der Waals surface area contributed by atoms with Crippen LogP contribution in [-0.2, 0) is 0 Å². The molecule has 0 aliphatic carbocycles. The van der Waals surface area contributed by atoms with E-state index in [2.05, 4.69) is 0 Å². The van der Waals surface area contributed by atoms with Crippen molar-refractivity contribution in [2.24, 2.45) is 0 Å². The molecule has 0 heterocycles. The molecule has 0 atom stereocenters. The molecule has 1 nitrogen and oxygen atoms in total. The van der Waals surface area contributed by atoms with E-state index in [-0.39, 0.29) is 39.6 Å². The van der Waals surface area contributed by atoms with E-state index in [0.29, 0.717) is 0 Å². The molecule has 0 aromatic heterocycles. The molecule has 0 amide bonds. The van der Waals surface area contributed by atoms with Crippen LogP contribution in [0.2, 0.25) is 0 Å². The molecule has 0 saturated carbocycles. The van der Waals surface area contributed by atoms with Gasteiger partial charge in [-0.05, 0) is 0 Å². The van der Waals surface area contributed by atoms with Crippen molar-refractivity contribution >= 4 is 26.0 Å². The number of hydrogen-bond donors (Lipinski definition) is 1. The van der Waals surface area contributed by atoms with Crippen molar-refractivity contribution in [3.8, 4) is 0 Å². The van der Waals surface area contributed by atoms with Crippen LogP contribution in [0.15, 0.2) is 0 Å². The summed E-state index contributed by atoms with van der Waals surface area (Å²) in [7, 11) is 0. The first-order valence-electron chi connectivity index (χ1n) is 0. The summed E-state index contributed by atoms with van der Waals surface area (Å²) in [5.74, 6) is 0. The molecule has 0 aromatic rings. The van der Waals surface area contributed by atoms with Gasteiger partial charge in [0.05, 0.1) is 0 Å². The molecule has 27 valence electrons. The zero-order valence-corrected chi connectivity index (χ0v) is 1.28. The predicted octanol–water partition coefficient (Wildman–Crippen LogP) is -1.03. The fourth-order valence-corrected chi connectivity index (χ4v) is 0. The molecular weight excluding hydrogens is 109 g/mol. The molecule has 0 saturated heterocycles. The van der Waals surface area contributed by atoms with Gasteiger partial charge in [0.25, 0.3) is 0 Å². The monoisotopic (exact) mass is 122 g/mol. The van der Waals surface area contributed by atoms with E-state index in [1.807, 2.05) is 0 Å². The fraction of sp³-hybridized carbons (Fsp3) is 1.00. The molecule has 0 rings (SSSR count). The average Bonchev–Trinajstić information content (AvgIpc) is 0. The SMILES string of the molecule is C.N.[B].[GeH4]. The van der Waals surface area contributed by atoms with Crippen LogP contribution < -0.4 is 6.15 Å². The molecule has 3 heteroatoms. The maximum atomic E-state index is 0. The first kappa shape index (κ1) is 180. The molecule has 3 N–H and O–H groups in total. The summed E-state index contributed by atoms with van der Waals surface area (Å²) in [6, 6.07) is 0. The van der Waals surface area contributed by atoms with E-state index in [0.717, 1.165) is 0 Å². The van der Waals surface area contributed by atoms with Crippen molar-refractivity contribution in [1.29, 1.82) is 0 Å². The minimum absolute atomic E-state index is 0. The second-order valence-corrected chi connectivity index (χ2v) is 0. The van der Waals surface area contributed by atoms with Gasteiger partial charge in [-0.15, -0.1) is 0 Å². The van der Waals surface area contributed by atoms with Crippen molar-refractivity contribution in [1.82, 2.24) is 6.15 Å². The topological polar surface area (TPSA) is 35.0 Å². The molecule has 0 bridgehead atoms. The van der Waals surface area contributed by atoms with Crippen LogP contribution in [0.3, 0.4) is 0 Å². The Hall–Kier alpha value is 0.568. The second kappa shape index (κ2) is 73.0. The maximum absolute atomic E-state index is 0. The molecule has 0 aliphatic rings. The molecule has 0 spiro atoms. The Labute approximate surface area is 40.3 Å². The van der Waals surface area contributed by atoms with Gasteiger partial charge in [0, 0.05) is 8.41 Å². The first-order valence-corrected chi connectivity index (χ1v) is 0. The van der Waals surface area contributed by atoms with Gasteiger partial charge in [-0.25, -0.2) is 0 Å². The summed E-state index contributed by atoms with van der Waals surface area (Å²) in [6.45, 7) is 0. The third-order valence-corrected chi connectivity index (χ3v) is 0. The second-order valence-electron chi connectivity index (χ2n) is 0. The fourth-order valence-electron chi connectivity index (χ4n) is 0. The molecular formula is CH11BGeN. The van der Waals surface area contributed by atoms with E-state index in [1.54, 1.807) is 0 Å². The van der Waals surface area contributed by atoms with E-state index in [1.165, 1.54) is 0 Å². The summed E-state index contributed by atoms with van der Waals surface area (Å²) in [5, 5.41) is 0. The Morgan fingerprint density at radius 1 is 1.00 bits per heavy atom. The zero-order chi connectivity index (χ0) is 0. The van der Waals surface area contributed by atoms with Crippen LogP contribution in [0.4, 0.5) is 0 Å². The van der Waals surface area contributed by atoms with E-state index < -0.39 is 0 Å². The van der Waals surface area contributed by atoms with Gasteiger partial charge in [-0.3, -0.25) is 0 Å². The Bertz CT molecular complexity index is 8.00. The number of hydrogen-bond acceptors (Lipinski definition) is 1. The standard InChI is InChI=1S/CH4.B.GeH4.H3N/h1H4;;1H4;1H3.